The van der Waals surface area contributed by atoms with Crippen LogP contribution in [0.2, 0.25) is 5.02 Å². The molecule has 3 rings (SSSR count). The van der Waals surface area contributed by atoms with Gasteiger partial charge in [-0.15, -0.1) is 5.10 Å². The average Bonchev–Trinajstić information content (AvgIpc) is 2.62. The fourth-order valence-corrected chi connectivity index (χ4v) is 2.12. The number of halogens is 1. The molecule has 1 N–H and O–H groups in total. The fourth-order valence-electron chi connectivity index (χ4n) is 1.94. The van der Waals surface area contributed by atoms with Crippen molar-refractivity contribution in [2.24, 2.45) is 5.10 Å². The normalized spacial score (nSPS) is 11.3. The molecule has 0 unspecified atom stereocenters. The number of aromatic nitrogens is 3. The number of anilines is 1. The number of hydrogen-bond donors (Lipinski definition) is 1. The number of nitrogens with zero attached hydrogens (tertiary/aromatic N) is 4. The summed E-state index contributed by atoms with van der Waals surface area (Å²) in [7, 11) is 0. The van der Waals surface area contributed by atoms with Crippen LogP contribution >= 0.6 is 11.6 Å². The third-order valence-corrected chi connectivity index (χ3v) is 3.51. The van der Waals surface area contributed by atoms with Gasteiger partial charge in [0.05, 0.1) is 22.6 Å². The molecular weight excluding hydrogens is 310 g/mol. The van der Waals surface area contributed by atoms with Gasteiger partial charge in [0.1, 0.15) is 5.69 Å². The summed E-state index contributed by atoms with van der Waals surface area (Å²) >= 11 is 6.09. The van der Waals surface area contributed by atoms with Gasteiger partial charge in [0.25, 0.3) is 0 Å². The molecule has 0 saturated heterocycles. The number of nitrogens with one attached hydrogen (secondary N) is 1. The lowest BCUT2D eigenvalue weighted by Crippen LogP contribution is -2.05. The third kappa shape index (κ3) is 3.70. The number of rotatable bonds is 4. The lowest BCUT2D eigenvalue weighted by Gasteiger charge is -2.05. The van der Waals surface area contributed by atoms with E-state index in [0.29, 0.717) is 22.3 Å². The standard InChI is InChI=1S/C17H14ClN5/c1-12(21-22-15-10-6-5-9-14(15)18)16-11-19-23-17(20-16)13-7-3-2-4-8-13/h2-11,22H,1H3/b21-12-. The SMILES string of the molecule is C/C(=N/Nc1ccccc1Cl)c1cnnc(-c2ccccc2)n1. The molecule has 2 aromatic carbocycles. The number of hydrogen-bond acceptors (Lipinski definition) is 5. The molecule has 0 radical (unpaired) electrons. The maximum Gasteiger partial charge on any atom is 0.182 e. The Morgan fingerprint density at radius 3 is 2.57 bits per heavy atom. The van der Waals surface area contributed by atoms with E-state index in [1.807, 2.05) is 55.5 Å². The van der Waals surface area contributed by atoms with Gasteiger partial charge < -0.3 is 0 Å². The largest absolute Gasteiger partial charge is 0.277 e. The molecule has 6 heteroatoms. The van der Waals surface area contributed by atoms with E-state index >= 15 is 0 Å². The van der Waals surface area contributed by atoms with Gasteiger partial charge in [0.2, 0.25) is 0 Å². The summed E-state index contributed by atoms with van der Waals surface area (Å²) < 4.78 is 0. The molecule has 1 heterocycles. The van der Waals surface area contributed by atoms with Gasteiger partial charge in [-0.1, -0.05) is 54.1 Å². The zero-order valence-corrected chi connectivity index (χ0v) is 13.2. The second-order valence-electron chi connectivity index (χ2n) is 4.82. The third-order valence-electron chi connectivity index (χ3n) is 3.18. The van der Waals surface area contributed by atoms with Crippen molar-refractivity contribution in [1.29, 1.82) is 0 Å². The molecule has 0 aliphatic carbocycles. The Hall–Kier alpha value is -2.79. The topological polar surface area (TPSA) is 63.1 Å². The quantitative estimate of drug-likeness (QED) is 0.581. The molecule has 0 atom stereocenters. The second-order valence-corrected chi connectivity index (χ2v) is 5.23. The van der Waals surface area contributed by atoms with Gasteiger partial charge in [0, 0.05) is 5.56 Å². The zero-order valence-electron chi connectivity index (χ0n) is 12.4. The molecule has 0 spiro atoms. The van der Waals surface area contributed by atoms with Crippen molar-refractivity contribution in [3.63, 3.8) is 0 Å². The lowest BCUT2D eigenvalue weighted by atomic mass is 10.2. The first-order chi connectivity index (χ1) is 11.2. The second kappa shape index (κ2) is 6.98. The van der Waals surface area contributed by atoms with E-state index in [9.17, 15) is 0 Å². The van der Waals surface area contributed by atoms with Gasteiger partial charge in [-0.25, -0.2) is 4.98 Å². The van der Waals surface area contributed by atoms with Crippen LogP contribution in [0.4, 0.5) is 5.69 Å². The van der Waals surface area contributed by atoms with Crippen molar-refractivity contribution < 1.29 is 0 Å². The highest BCUT2D eigenvalue weighted by Gasteiger charge is 2.06. The van der Waals surface area contributed by atoms with Gasteiger partial charge >= 0.3 is 0 Å². The first kappa shape index (κ1) is 15.1. The highest BCUT2D eigenvalue weighted by Crippen LogP contribution is 2.20. The van der Waals surface area contributed by atoms with Crippen molar-refractivity contribution in [3.8, 4) is 11.4 Å². The number of benzene rings is 2. The van der Waals surface area contributed by atoms with Crippen LogP contribution in [0.3, 0.4) is 0 Å². The summed E-state index contributed by atoms with van der Waals surface area (Å²) in [6, 6.07) is 17.1. The average molecular weight is 324 g/mol. The van der Waals surface area contributed by atoms with Crippen LogP contribution in [-0.2, 0) is 0 Å². The fraction of sp³-hybridized carbons (Fsp3) is 0.0588. The van der Waals surface area contributed by atoms with Crippen LogP contribution in [0.15, 0.2) is 65.9 Å². The Balaban J connectivity index is 1.84. The van der Waals surface area contributed by atoms with E-state index < -0.39 is 0 Å². The highest BCUT2D eigenvalue weighted by molar-refractivity contribution is 6.33. The Morgan fingerprint density at radius 2 is 1.78 bits per heavy atom. The lowest BCUT2D eigenvalue weighted by molar-refractivity contribution is 0.970. The van der Waals surface area contributed by atoms with Crippen molar-refractivity contribution in [2.75, 3.05) is 5.43 Å². The monoisotopic (exact) mass is 323 g/mol. The maximum absolute atomic E-state index is 6.09. The summed E-state index contributed by atoms with van der Waals surface area (Å²) in [4.78, 5) is 4.50. The van der Waals surface area contributed by atoms with E-state index in [2.05, 4.69) is 25.7 Å². The van der Waals surface area contributed by atoms with Crippen LogP contribution in [-0.4, -0.2) is 20.9 Å². The van der Waals surface area contributed by atoms with Crippen LogP contribution in [0.5, 0.6) is 0 Å². The van der Waals surface area contributed by atoms with Crippen LogP contribution in [0.1, 0.15) is 12.6 Å². The maximum atomic E-state index is 6.09. The molecule has 0 fully saturated rings. The number of hydrazone groups is 1. The van der Waals surface area contributed by atoms with Crippen LogP contribution in [0.25, 0.3) is 11.4 Å². The minimum absolute atomic E-state index is 0.565. The molecule has 0 aliphatic rings. The van der Waals surface area contributed by atoms with Gasteiger partial charge in [-0.05, 0) is 19.1 Å². The van der Waals surface area contributed by atoms with E-state index in [-0.39, 0.29) is 0 Å². The molecule has 0 aliphatic heterocycles. The first-order valence-corrected chi connectivity index (χ1v) is 7.42. The van der Waals surface area contributed by atoms with E-state index in [1.54, 1.807) is 12.3 Å². The summed E-state index contributed by atoms with van der Waals surface area (Å²) in [5.41, 5.74) is 5.93. The molecule has 0 saturated carbocycles. The molecule has 1 aromatic heterocycles. The Morgan fingerprint density at radius 1 is 1.04 bits per heavy atom. The van der Waals surface area contributed by atoms with Crippen molar-refractivity contribution >= 4 is 23.0 Å². The Labute approximate surface area is 139 Å². The molecule has 5 nitrogen and oxygen atoms in total. The minimum atomic E-state index is 0.565. The van der Waals surface area contributed by atoms with Crippen LogP contribution in [0, 0.1) is 0 Å². The molecular formula is C17H14ClN5. The van der Waals surface area contributed by atoms with Gasteiger partial charge in [-0.2, -0.15) is 10.2 Å². The number of para-hydroxylation sites is 1. The zero-order chi connectivity index (χ0) is 16.1. The summed E-state index contributed by atoms with van der Waals surface area (Å²) in [6.07, 6.45) is 1.58. The summed E-state index contributed by atoms with van der Waals surface area (Å²) in [5, 5.41) is 13.0. The van der Waals surface area contributed by atoms with E-state index in [1.165, 1.54) is 0 Å². The summed E-state index contributed by atoms with van der Waals surface area (Å²) in [5.74, 6) is 0.565. The van der Waals surface area contributed by atoms with Gasteiger partial charge in [-0.3, -0.25) is 5.43 Å². The van der Waals surface area contributed by atoms with Crippen LogP contribution < -0.4 is 5.43 Å². The molecule has 0 amide bonds. The molecule has 114 valence electrons. The van der Waals surface area contributed by atoms with Crippen molar-refractivity contribution in [1.82, 2.24) is 15.2 Å². The molecule has 3 aromatic rings. The molecule has 23 heavy (non-hydrogen) atoms. The minimum Gasteiger partial charge on any atom is -0.277 e. The summed E-state index contributed by atoms with van der Waals surface area (Å²) in [6.45, 7) is 1.85. The Bertz CT molecular complexity index is 833. The highest BCUT2D eigenvalue weighted by atomic mass is 35.5. The van der Waals surface area contributed by atoms with Crippen molar-refractivity contribution in [3.05, 3.63) is 71.5 Å². The predicted molar refractivity (Wildman–Crippen MR) is 92.5 cm³/mol. The van der Waals surface area contributed by atoms with E-state index in [4.69, 9.17) is 11.6 Å². The molecule has 0 bridgehead atoms. The predicted octanol–water partition coefficient (Wildman–Crippen LogP) is 4.03. The van der Waals surface area contributed by atoms with Gasteiger partial charge in [0.15, 0.2) is 5.82 Å². The Kier molecular flexibility index (Phi) is 4.59. The first-order valence-electron chi connectivity index (χ1n) is 7.04. The smallest absolute Gasteiger partial charge is 0.182 e. The van der Waals surface area contributed by atoms with E-state index in [0.717, 1.165) is 11.3 Å². The van der Waals surface area contributed by atoms with Crippen molar-refractivity contribution in [2.45, 2.75) is 6.92 Å².